The maximum atomic E-state index is 11.8. The molecule has 1 unspecified atom stereocenters. The van der Waals surface area contributed by atoms with Gasteiger partial charge in [-0.25, -0.2) is 4.98 Å². The lowest BCUT2D eigenvalue weighted by Gasteiger charge is -2.22. The zero-order valence-electron chi connectivity index (χ0n) is 10.0. The number of nitrogens with zero attached hydrogens (tertiary/aromatic N) is 1. The van der Waals surface area contributed by atoms with Crippen molar-refractivity contribution in [1.82, 2.24) is 15.3 Å². The topological polar surface area (TPSA) is 57.8 Å². The van der Waals surface area contributed by atoms with Crippen molar-refractivity contribution in [3.63, 3.8) is 0 Å². The second-order valence-corrected chi connectivity index (χ2v) is 5.24. The van der Waals surface area contributed by atoms with Gasteiger partial charge in [0.2, 0.25) is 0 Å². The van der Waals surface area contributed by atoms with Gasteiger partial charge in [0.05, 0.1) is 0 Å². The average molecular weight is 233 g/mol. The van der Waals surface area contributed by atoms with Gasteiger partial charge in [0.25, 0.3) is 5.56 Å². The van der Waals surface area contributed by atoms with Gasteiger partial charge < -0.3 is 10.3 Å². The van der Waals surface area contributed by atoms with Crippen LogP contribution in [0.1, 0.15) is 49.4 Å². The molecule has 2 aliphatic rings. The maximum Gasteiger partial charge on any atom is 0.254 e. The van der Waals surface area contributed by atoms with Crippen LogP contribution in [0.3, 0.4) is 0 Å². The maximum absolute atomic E-state index is 11.8. The smallest absolute Gasteiger partial charge is 0.254 e. The second kappa shape index (κ2) is 4.61. The van der Waals surface area contributed by atoms with Crippen LogP contribution in [0.25, 0.3) is 0 Å². The van der Waals surface area contributed by atoms with Gasteiger partial charge in [0.1, 0.15) is 5.82 Å². The molecule has 1 aliphatic heterocycles. The molecule has 1 atom stereocenters. The van der Waals surface area contributed by atoms with Crippen LogP contribution in [0.5, 0.6) is 0 Å². The van der Waals surface area contributed by atoms with Crippen molar-refractivity contribution in [2.45, 2.75) is 50.5 Å². The van der Waals surface area contributed by atoms with Gasteiger partial charge in [-0.05, 0) is 38.1 Å². The zero-order valence-corrected chi connectivity index (χ0v) is 10.0. The minimum atomic E-state index is 0.0771. The Hall–Kier alpha value is -1.16. The summed E-state index contributed by atoms with van der Waals surface area (Å²) < 4.78 is 0. The lowest BCUT2D eigenvalue weighted by Crippen LogP contribution is -2.36. The monoisotopic (exact) mass is 233 g/mol. The van der Waals surface area contributed by atoms with Crippen molar-refractivity contribution in [2.75, 3.05) is 6.54 Å². The molecule has 1 aromatic rings. The van der Waals surface area contributed by atoms with E-state index >= 15 is 0 Å². The number of rotatable bonds is 3. The summed E-state index contributed by atoms with van der Waals surface area (Å²) in [5.74, 6) is 1.31. The molecule has 0 bridgehead atoms. The Kier molecular flexibility index (Phi) is 2.97. The van der Waals surface area contributed by atoms with Gasteiger partial charge in [-0.2, -0.15) is 0 Å². The van der Waals surface area contributed by atoms with Gasteiger partial charge in [0, 0.05) is 24.2 Å². The zero-order chi connectivity index (χ0) is 11.7. The van der Waals surface area contributed by atoms with Crippen molar-refractivity contribution >= 4 is 0 Å². The lowest BCUT2D eigenvalue weighted by molar-refractivity contribution is 0.394. The first-order chi connectivity index (χ1) is 8.33. The molecule has 1 aromatic heterocycles. The summed E-state index contributed by atoms with van der Waals surface area (Å²) in [6, 6.07) is 0.485. The molecule has 4 nitrogen and oxygen atoms in total. The summed E-state index contributed by atoms with van der Waals surface area (Å²) in [5.41, 5.74) is 0.957. The SMILES string of the molecule is O=c1[nH]c(CC2CCCCN2)ncc1C1CC1. The molecule has 4 heteroatoms. The number of nitrogens with one attached hydrogen (secondary N) is 2. The first-order valence-corrected chi connectivity index (χ1v) is 6.64. The molecule has 17 heavy (non-hydrogen) atoms. The summed E-state index contributed by atoms with van der Waals surface area (Å²) in [6.07, 6.45) is 8.66. The Morgan fingerprint density at radius 3 is 2.82 bits per heavy atom. The lowest BCUT2D eigenvalue weighted by atomic mass is 10.0. The summed E-state index contributed by atoms with van der Waals surface area (Å²) >= 11 is 0. The molecule has 1 saturated carbocycles. The van der Waals surface area contributed by atoms with Crippen LogP contribution in [0.4, 0.5) is 0 Å². The normalized spacial score (nSPS) is 24.8. The highest BCUT2D eigenvalue weighted by atomic mass is 16.1. The fraction of sp³-hybridized carbons (Fsp3) is 0.692. The molecule has 1 saturated heterocycles. The highest BCUT2D eigenvalue weighted by Crippen LogP contribution is 2.37. The summed E-state index contributed by atoms with van der Waals surface area (Å²) in [4.78, 5) is 19.2. The number of aromatic nitrogens is 2. The van der Waals surface area contributed by atoms with Gasteiger partial charge >= 0.3 is 0 Å². The summed E-state index contributed by atoms with van der Waals surface area (Å²) in [5, 5.41) is 3.47. The van der Waals surface area contributed by atoms with Crippen LogP contribution in [-0.2, 0) is 6.42 Å². The quantitative estimate of drug-likeness (QED) is 0.828. The van der Waals surface area contributed by atoms with E-state index < -0.39 is 0 Å². The van der Waals surface area contributed by atoms with E-state index in [1.807, 2.05) is 0 Å². The molecular formula is C13H19N3O. The van der Waals surface area contributed by atoms with Crippen LogP contribution in [-0.4, -0.2) is 22.6 Å². The van der Waals surface area contributed by atoms with Crippen LogP contribution < -0.4 is 10.9 Å². The van der Waals surface area contributed by atoms with Crippen molar-refractivity contribution in [2.24, 2.45) is 0 Å². The molecule has 0 aromatic carbocycles. The predicted molar refractivity (Wildman–Crippen MR) is 66.2 cm³/mol. The summed E-state index contributed by atoms with van der Waals surface area (Å²) in [7, 11) is 0. The molecule has 2 fully saturated rings. The Morgan fingerprint density at radius 2 is 2.18 bits per heavy atom. The van der Waals surface area contributed by atoms with Gasteiger partial charge in [0.15, 0.2) is 0 Å². The van der Waals surface area contributed by atoms with E-state index in [0.29, 0.717) is 12.0 Å². The first-order valence-electron chi connectivity index (χ1n) is 6.64. The van der Waals surface area contributed by atoms with Crippen LogP contribution in [0.2, 0.25) is 0 Å². The fourth-order valence-electron chi connectivity index (χ4n) is 2.56. The van der Waals surface area contributed by atoms with Crippen LogP contribution in [0.15, 0.2) is 11.0 Å². The van der Waals surface area contributed by atoms with Crippen LogP contribution in [0, 0.1) is 0 Å². The fourth-order valence-corrected chi connectivity index (χ4v) is 2.56. The van der Waals surface area contributed by atoms with Crippen molar-refractivity contribution < 1.29 is 0 Å². The molecule has 1 aliphatic carbocycles. The molecule has 2 N–H and O–H groups in total. The van der Waals surface area contributed by atoms with Crippen molar-refractivity contribution in [1.29, 1.82) is 0 Å². The van der Waals surface area contributed by atoms with Crippen molar-refractivity contribution in [3.05, 3.63) is 27.9 Å². The van der Waals surface area contributed by atoms with E-state index in [-0.39, 0.29) is 5.56 Å². The largest absolute Gasteiger partial charge is 0.314 e. The van der Waals surface area contributed by atoms with E-state index in [1.54, 1.807) is 6.20 Å². The van der Waals surface area contributed by atoms with Gasteiger partial charge in [-0.1, -0.05) is 6.42 Å². The molecule has 0 radical (unpaired) electrons. The average Bonchev–Trinajstić information content (AvgIpc) is 3.15. The minimum Gasteiger partial charge on any atom is -0.314 e. The second-order valence-electron chi connectivity index (χ2n) is 5.24. The number of piperidine rings is 1. The molecule has 0 amide bonds. The minimum absolute atomic E-state index is 0.0771. The van der Waals surface area contributed by atoms with Crippen molar-refractivity contribution in [3.8, 4) is 0 Å². The molecule has 3 rings (SSSR count). The molecule has 0 spiro atoms. The van der Waals surface area contributed by atoms with E-state index in [0.717, 1.165) is 37.2 Å². The predicted octanol–water partition coefficient (Wildman–Crippen LogP) is 1.33. The Morgan fingerprint density at radius 1 is 1.29 bits per heavy atom. The van der Waals surface area contributed by atoms with E-state index in [4.69, 9.17) is 0 Å². The van der Waals surface area contributed by atoms with Gasteiger partial charge in [-0.3, -0.25) is 4.79 Å². The number of H-pyrrole nitrogens is 1. The Balaban J connectivity index is 1.70. The van der Waals surface area contributed by atoms with Gasteiger partial charge in [-0.15, -0.1) is 0 Å². The highest BCUT2D eigenvalue weighted by Gasteiger charge is 2.26. The number of hydrogen-bond donors (Lipinski definition) is 2. The van der Waals surface area contributed by atoms with Crippen LogP contribution >= 0.6 is 0 Å². The number of aromatic amines is 1. The Labute approximate surface area is 101 Å². The van der Waals surface area contributed by atoms with E-state index in [9.17, 15) is 4.79 Å². The standard InChI is InChI=1S/C13H19N3O/c17-13-11(9-4-5-9)8-15-12(16-13)7-10-3-1-2-6-14-10/h8-10,14H,1-7H2,(H,15,16,17). The molecular weight excluding hydrogens is 214 g/mol. The van der Waals surface area contributed by atoms with E-state index in [1.165, 1.54) is 19.3 Å². The number of hydrogen-bond acceptors (Lipinski definition) is 3. The Bertz CT molecular complexity index is 444. The third-order valence-corrected chi connectivity index (χ3v) is 3.75. The molecule has 2 heterocycles. The highest BCUT2D eigenvalue weighted by molar-refractivity contribution is 5.17. The third-order valence-electron chi connectivity index (χ3n) is 3.75. The van der Waals surface area contributed by atoms with E-state index in [2.05, 4.69) is 15.3 Å². The third kappa shape index (κ3) is 2.57. The summed E-state index contributed by atoms with van der Waals surface area (Å²) in [6.45, 7) is 1.09. The first kappa shape index (κ1) is 11.0. The molecule has 92 valence electrons.